The number of likely N-dealkylation sites (N-methyl/N-ethyl adjacent to an activating group) is 1. The molecule has 0 fully saturated rings. The summed E-state index contributed by atoms with van der Waals surface area (Å²) in [6.45, 7) is 3.93. The molecule has 0 atom stereocenters. The van der Waals surface area contributed by atoms with Gasteiger partial charge in [0.1, 0.15) is 0 Å². The lowest BCUT2D eigenvalue weighted by Gasteiger charge is -2.17. The van der Waals surface area contributed by atoms with E-state index in [2.05, 4.69) is 12.2 Å². The molecule has 0 aliphatic carbocycles. The monoisotopic (exact) mass is 362 g/mol. The first-order valence-corrected chi connectivity index (χ1v) is 8.81. The van der Waals surface area contributed by atoms with E-state index in [9.17, 15) is 9.18 Å². The summed E-state index contributed by atoms with van der Waals surface area (Å²) in [4.78, 5) is 13.7. The van der Waals surface area contributed by atoms with E-state index in [1.807, 2.05) is 25.1 Å². The molecule has 0 radical (unpaired) electrons. The van der Waals surface area contributed by atoms with Gasteiger partial charge in [-0.1, -0.05) is 37.6 Å². The molecule has 0 aromatic heterocycles. The highest BCUT2D eigenvalue weighted by Crippen LogP contribution is 2.30. The fourth-order valence-corrected chi connectivity index (χ4v) is 2.90. The van der Waals surface area contributed by atoms with Crippen LogP contribution in [0.4, 0.5) is 15.8 Å². The number of amides is 1. The number of anilines is 2. The molecule has 2 aromatic carbocycles. The van der Waals surface area contributed by atoms with Gasteiger partial charge in [-0.2, -0.15) is 0 Å². The van der Waals surface area contributed by atoms with Crippen LogP contribution in [0, 0.1) is 5.82 Å². The quantitative estimate of drug-likeness (QED) is 0.786. The van der Waals surface area contributed by atoms with E-state index < -0.39 is 0 Å². The molecule has 0 aliphatic heterocycles. The van der Waals surface area contributed by atoms with Crippen LogP contribution in [0.2, 0.25) is 5.02 Å². The molecule has 2 rings (SSSR count). The average Bonchev–Trinajstić information content (AvgIpc) is 2.59. The molecule has 0 spiro atoms. The van der Waals surface area contributed by atoms with Crippen molar-refractivity contribution < 1.29 is 9.18 Å². The summed E-state index contributed by atoms with van der Waals surface area (Å²) in [6, 6.07) is 9.20. The molecule has 134 valence electrons. The zero-order chi connectivity index (χ0) is 18.6. The van der Waals surface area contributed by atoms with Crippen molar-refractivity contribution in [3.63, 3.8) is 0 Å². The second-order valence-corrected chi connectivity index (χ2v) is 6.58. The highest BCUT2D eigenvalue weighted by Gasteiger charge is 2.15. The van der Waals surface area contributed by atoms with Gasteiger partial charge in [-0.15, -0.1) is 0 Å². The predicted octanol–water partition coefficient (Wildman–Crippen LogP) is 4.98. The van der Waals surface area contributed by atoms with Crippen molar-refractivity contribution in [1.82, 2.24) is 4.90 Å². The van der Waals surface area contributed by atoms with Crippen LogP contribution in [0.15, 0.2) is 30.3 Å². The number of hydrogen-bond acceptors (Lipinski definition) is 2. The molecule has 5 heteroatoms. The maximum Gasteiger partial charge on any atom is 0.226 e. The van der Waals surface area contributed by atoms with Crippen LogP contribution >= 0.6 is 11.6 Å². The molecule has 0 heterocycles. The van der Waals surface area contributed by atoms with Gasteiger partial charge in [0.25, 0.3) is 0 Å². The lowest BCUT2D eigenvalue weighted by molar-refractivity contribution is -0.127. The number of halogens is 2. The molecule has 1 amide bonds. The summed E-state index contributed by atoms with van der Waals surface area (Å²) in [5.74, 6) is -0.346. The van der Waals surface area contributed by atoms with Crippen molar-refractivity contribution in [1.29, 1.82) is 0 Å². The van der Waals surface area contributed by atoms with Gasteiger partial charge in [0.05, 0.1) is 12.1 Å². The summed E-state index contributed by atoms with van der Waals surface area (Å²) in [6.07, 6.45) is 1.65. The highest BCUT2D eigenvalue weighted by molar-refractivity contribution is 6.31. The van der Waals surface area contributed by atoms with Crippen molar-refractivity contribution in [2.24, 2.45) is 0 Å². The Morgan fingerprint density at radius 2 is 1.80 bits per heavy atom. The SMILES string of the molecule is CCc1ccc(Nc2ccc(Cl)c(CC)c2F)c(CC(=O)N(C)C)c1. The van der Waals surface area contributed by atoms with Crippen LogP contribution in [0.1, 0.15) is 30.5 Å². The minimum Gasteiger partial charge on any atom is -0.353 e. The molecule has 2 aromatic rings. The molecule has 0 unspecified atom stereocenters. The van der Waals surface area contributed by atoms with Gasteiger partial charge in [-0.25, -0.2) is 4.39 Å². The van der Waals surface area contributed by atoms with Crippen molar-refractivity contribution in [3.8, 4) is 0 Å². The number of carbonyl (C=O) groups is 1. The molecule has 0 aliphatic rings. The summed E-state index contributed by atoms with van der Waals surface area (Å²) in [5.41, 5.74) is 3.57. The van der Waals surface area contributed by atoms with Gasteiger partial charge in [-0.3, -0.25) is 4.79 Å². The number of nitrogens with zero attached hydrogens (tertiary/aromatic N) is 1. The molecule has 0 saturated heterocycles. The van der Waals surface area contributed by atoms with Crippen LogP contribution < -0.4 is 5.32 Å². The Hall–Kier alpha value is -2.07. The van der Waals surface area contributed by atoms with Crippen LogP contribution in [-0.2, 0) is 24.1 Å². The second kappa shape index (κ2) is 8.34. The zero-order valence-electron chi connectivity index (χ0n) is 15.1. The Balaban J connectivity index is 2.40. The number of hydrogen-bond donors (Lipinski definition) is 1. The number of carbonyl (C=O) groups excluding carboxylic acids is 1. The summed E-state index contributed by atoms with van der Waals surface area (Å²) >= 11 is 6.06. The zero-order valence-corrected chi connectivity index (χ0v) is 15.9. The summed E-state index contributed by atoms with van der Waals surface area (Å²) in [5, 5.41) is 3.56. The minimum atomic E-state index is -0.348. The number of aryl methyl sites for hydroxylation is 1. The van der Waals surface area contributed by atoms with Crippen LogP contribution in [0.5, 0.6) is 0 Å². The molecule has 3 nitrogen and oxygen atoms in total. The molecular formula is C20H24ClFN2O. The number of benzene rings is 2. The molecule has 0 saturated carbocycles. The first-order chi connectivity index (χ1) is 11.9. The first kappa shape index (κ1) is 19.3. The van der Waals surface area contributed by atoms with Gasteiger partial charge in [0, 0.05) is 30.4 Å². The lowest BCUT2D eigenvalue weighted by Crippen LogP contribution is -2.24. The standard InChI is InChI=1S/C20H24ClFN2O/c1-5-13-7-9-17(14(11-13)12-19(25)24(3)4)23-18-10-8-16(21)15(6-2)20(18)22/h7-11,23H,5-6,12H2,1-4H3. The normalized spacial score (nSPS) is 10.6. The van der Waals surface area contributed by atoms with Crippen molar-refractivity contribution in [2.75, 3.05) is 19.4 Å². The number of nitrogens with one attached hydrogen (secondary N) is 1. The molecule has 1 N–H and O–H groups in total. The Kier molecular flexibility index (Phi) is 6.43. The average molecular weight is 363 g/mol. The van der Waals surface area contributed by atoms with E-state index in [1.165, 1.54) is 0 Å². The second-order valence-electron chi connectivity index (χ2n) is 6.18. The predicted molar refractivity (Wildman–Crippen MR) is 102 cm³/mol. The Morgan fingerprint density at radius 3 is 2.40 bits per heavy atom. The van der Waals surface area contributed by atoms with Gasteiger partial charge in [0.15, 0.2) is 5.82 Å². The van der Waals surface area contributed by atoms with Crippen molar-refractivity contribution in [3.05, 3.63) is 57.9 Å². The van der Waals surface area contributed by atoms with E-state index in [-0.39, 0.29) is 18.1 Å². The summed E-state index contributed by atoms with van der Waals surface area (Å²) in [7, 11) is 3.46. The topological polar surface area (TPSA) is 32.3 Å². The third-order valence-corrected chi connectivity index (χ3v) is 4.58. The largest absolute Gasteiger partial charge is 0.353 e. The van der Waals surface area contributed by atoms with Crippen molar-refractivity contribution >= 4 is 28.9 Å². The third-order valence-electron chi connectivity index (χ3n) is 4.23. The van der Waals surface area contributed by atoms with E-state index in [1.54, 1.807) is 31.1 Å². The number of rotatable bonds is 6. The highest BCUT2D eigenvalue weighted by atomic mass is 35.5. The minimum absolute atomic E-state index is 0.00197. The Bertz CT molecular complexity index is 775. The smallest absolute Gasteiger partial charge is 0.226 e. The van der Waals surface area contributed by atoms with Crippen LogP contribution in [0.25, 0.3) is 0 Å². The maximum absolute atomic E-state index is 14.7. The Labute approximate surface area is 153 Å². The fraction of sp³-hybridized carbons (Fsp3) is 0.350. The van der Waals surface area contributed by atoms with E-state index in [4.69, 9.17) is 11.6 Å². The maximum atomic E-state index is 14.7. The third kappa shape index (κ3) is 4.51. The van der Waals surface area contributed by atoms with Gasteiger partial charge >= 0.3 is 0 Å². The first-order valence-electron chi connectivity index (χ1n) is 8.43. The van der Waals surface area contributed by atoms with Gasteiger partial charge in [-0.05, 0) is 42.2 Å². The molecular weight excluding hydrogens is 339 g/mol. The van der Waals surface area contributed by atoms with E-state index in [0.717, 1.165) is 23.2 Å². The lowest BCUT2D eigenvalue weighted by atomic mass is 10.0. The van der Waals surface area contributed by atoms with E-state index in [0.29, 0.717) is 22.7 Å². The fourth-order valence-electron chi connectivity index (χ4n) is 2.62. The molecule has 0 bridgehead atoms. The van der Waals surface area contributed by atoms with Crippen LogP contribution in [0.3, 0.4) is 0 Å². The Morgan fingerprint density at radius 1 is 1.12 bits per heavy atom. The van der Waals surface area contributed by atoms with Crippen molar-refractivity contribution in [2.45, 2.75) is 33.1 Å². The van der Waals surface area contributed by atoms with E-state index >= 15 is 0 Å². The summed E-state index contributed by atoms with van der Waals surface area (Å²) < 4.78 is 14.7. The van der Waals surface area contributed by atoms with Gasteiger partial charge < -0.3 is 10.2 Å². The van der Waals surface area contributed by atoms with Crippen LogP contribution in [-0.4, -0.2) is 24.9 Å². The van der Waals surface area contributed by atoms with Gasteiger partial charge in [0.2, 0.25) is 5.91 Å². The molecule has 25 heavy (non-hydrogen) atoms.